The van der Waals surface area contributed by atoms with Gasteiger partial charge in [0, 0.05) is 0 Å². The number of rotatable bonds is 2. The van der Waals surface area contributed by atoms with E-state index in [1.807, 2.05) is 0 Å². The molecule has 0 amide bonds. The molecular weight excluding hydrogens is 368 g/mol. The van der Waals surface area contributed by atoms with Crippen molar-refractivity contribution in [2.75, 3.05) is 0 Å². The van der Waals surface area contributed by atoms with Gasteiger partial charge in [-0.1, -0.05) is 0 Å². The summed E-state index contributed by atoms with van der Waals surface area (Å²) in [6.07, 6.45) is 4.34. The van der Waals surface area contributed by atoms with Crippen molar-refractivity contribution in [2.45, 2.75) is 13.8 Å². The van der Waals surface area contributed by atoms with Gasteiger partial charge in [-0.05, 0) is 0 Å². The van der Waals surface area contributed by atoms with Gasteiger partial charge in [0.1, 0.15) is 0 Å². The third-order valence-corrected chi connectivity index (χ3v) is 7.49. The molecule has 0 fully saturated rings. The average molecular weight is 383 g/mol. The van der Waals surface area contributed by atoms with Crippen molar-refractivity contribution in [3.8, 4) is 0 Å². The zero-order valence-electron chi connectivity index (χ0n) is 11.4. The SMILES string of the molecule is C=C1C=c2ccccc2=[C]1[Zr+2][c]1[nH]cc(C)c1C.[Cl-].[Cl-]. The maximum atomic E-state index is 4.22. The summed E-state index contributed by atoms with van der Waals surface area (Å²) >= 11 is -0.784. The number of aromatic nitrogens is 1. The van der Waals surface area contributed by atoms with E-state index in [1.165, 1.54) is 33.8 Å². The van der Waals surface area contributed by atoms with Crippen LogP contribution in [0.2, 0.25) is 0 Å². The first-order valence-electron chi connectivity index (χ1n) is 6.09. The molecule has 102 valence electrons. The van der Waals surface area contributed by atoms with Crippen LogP contribution in [-0.2, 0) is 23.2 Å². The Labute approximate surface area is 143 Å². The van der Waals surface area contributed by atoms with E-state index >= 15 is 0 Å². The standard InChI is InChI=1S/C10H7.C6H8N.2ClH.Zr/c1-8-6-9-4-2-3-5-10(9)7-8;1-5-3-7-4-6(5)2;;;/h2-6H,1H2;3,7H,1-2H3;2*1H;/q;;;;+2/p-2. The zero-order valence-corrected chi connectivity index (χ0v) is 15.4. The zero-order chi connectivity index (χ0) is 12.7. The fourth-order valence-electron chi connectivity index (χ4n) is 2.28. The van der Waals surface area contributed by atoms with Gasteiger partial charge in [-0.15, -0.1) is 0 Å². The Morgan fingerprint density at radius 2 is 1.80 bits per heavy atom. The molecule has 1 aliphatic carbocycles. The first kappa shape index (κ1) is 17.5. The van der Waals surface area contributed by atoms with Crippen molar-refractivity contribution in [1.29, 1.82) is 0 Å². The molecular formula is C16H15Cl2NZr. The topological polar surface area (TPSA) is 15.8 Å². The summed E-state index contributed by atoms with van der Waals surface area (Å²) in [5.74, 6) is 0. The van der Waals surface area contributed by atoms with Crippen LogP contribution in [0.25, 0.3) is 9.36 Å². The molecule has 1 aromatic carbocycles. The molecule has 0 spiro atoms. The Bertz CT molecular complexity index is 759. The molecule has 1 N–H and O–H groups in total. The van der Waals surface area contributed by atoms with Crippen LogP contribution >= 0.6 is 0 Å². The van der Waals surface area contributed by atoms with Gasteiger partial charge >= 0.3 is 119 Å². The molecule has 1 aromatic heterocycles. The second-order valence-electron chi connectivity index (χ2n) is 4.73. The van der Waals surface area contributed by atoms with E-state index in [2.05, 4.69) is 61.9 Å². The van der Waals surface area contributed by atoms with Crippen molar-refractivity contribution >= 4 is 12.8 Å². The number of allylic oxidation sites excluding steroid dienone is 1. The van der Waals surface area contributed by atoms with Crippen LogP contribution in [0.5, 0.6) is 0 Å². The second kappa shape index (κ2) is 6.94. The van der Waals surface area contributed by atoms with E-state index in [-0.39, 0.29) is 24.8 Å². The third-order valence-electron chi connectivity index (χ3n) is 3.53. The van der Waals surface area contributed by atoms with E-state index in [9.17, 15) is 0 Å². The number of hydrogen-bond acceptors (Lipinski definition) is 0. The summed E-state index contributed by atoms with van der Waals surface area (Å²) in [7, 11) is 0. The predicted octanol–water partition coefficient (Wildman–Crippen LogP) is -4.49. The summed E-state index contributed by atoms with van der Waals surface area (Å²) in [6.45, 7) is 8.61. The Morgan fingerprint density at radius 3 is 2.45 bits per heavy atom. The first-order valence-corrected chi connectivity index (χ1v) is 8.54. The smallest absolute Gasteiger partial charge is 1.00 e. The Kier molecular flexibility index (Phi) is 6.07. The van der Waals surface area contributed by atoms with E-state index in [0.29, 0.717) is 0 Å². The average Bonchev–Trinajstić information content (AvgIpc) is 2.85. The molecule has 1 heterocycles. The molecule has 0 atom stereocenters. The van der Waals surface area contributed by atoms with Crippen LogP contribution in [0.3, 0.4) is 0 Å². The van der Waals surface area contributed by atoms with Crippen LogP contribution in [0, 0.1) is 13.8 Å². The molecule has 4 heteroatoms. The molecule has 1 nitrogen and oxygen atoms in total. The fraction of sp³-hybridized carbons (Fsp3) is 0.125. The summed E-state index contributed by atoms with van der Waals surface area (Å²) in [5.41, 5.74) is 4.02. The van der Waals surface area contributed by atoms with E-state index in [0.717, 1.165) is 0 Å². The van der Waals surface area contributed by atoms with Gasteiger partial charge in [-0.25, -0.2) is 0 Å². The molecule has 0 saturated heterocycles. The molecule has 0 bridgehead atoms. The fourth-order valence-corrected chi connectivity index (χ4v) is 5.66. The van der Waals surface area contributed by atoms with E-state index in [4.69, 9.17) is 0 Å². The molecule has 0 saturated carbocycles. The van der Waals surface area contributed by atoms with Crippen molar-refractivity contribution in [3.63, 3.8) is 0 Å². The normalized spacial score (nSPS) is 11.9. The molecule has 1 aliphatic rings. The van der Waals surface area contributed by atoms with Crippen molar-refractivity contribution in [2.24, 2.45) is 0 Å². The summed E-state index contributed by atoms with van der Waals surface area (Å²) in [4.78, 5) is 3.45. The van der Waals surface area contributed by atoms with E-state index in [1.54, 1.807) is 0 Å². The number of H-pyrrole nitrogens is 1. The second-order valence-corrected chi connectivity index (χ2v) is 7.80. The van der Waals surface area contributed by atoms with Gasteiger partial charge in [0.25, 0.3) is 0 Å². The van der Waals surface area contributed by atoms with Crippen LogP contribution in [0.4, 0.5) is 0 Å². The monoisotopic (exact) mass is 381 g/mol. The molecule has 3 rings (SSSR count). The molecule has 2 aromatic rings. The van der Waals surface area contributed by atoms with Gasteiger partial charge in [-0.2, -0.15) is 0 Å². The van der Waals surface area contributed by atoms with Gasteiger partial charge < -0.3 is 24.8 Å². The number of aryl methyl sites for hydroxylation is 1. The number of hydrogen-bond donors (Lipinski definition) is 1. The summed E-state index contributed by atoms with van der Waals surface area (Å²) in [5, 5.41) is 2.74. The third kappa shape index (κ3) is 3.03. The van der Waals surface area contributed by atoms with Crippen molar-refractivity contribution in [3.05, 3.63) is 64.2 Å². The Morgan fingerprint density at radius 1 is 1.10 bits per heavy atom. The van der Waals surface area contributed by atoms with Crippen LogP contribution < -0.4 is 38.7 Å². The number of benzene rings is 1. The maximum absolute atomic E-state index is 4.22. The quantitative estimate of drug-likeness (QED) is 0.538. The molecule has 0 aliphatic heterocycles. The molecule has 20 heavy (non-hydrogen) atoms. The maximum Gasteiger partial charge on any atom is -1.00 e. The minimum absolute atomic E-state index is 0. The Balaban J connectivity index is 0.000001000. The minimum Gasteiger partial charge on any atom is -1.00 e. The van der Waals surface area contributed by atoms with Crippen LogP contribution in [-0.4, -0.2) is 4.98 Å². The summed E-state index contributed by atoms with van der Waals surface area (Å²) in [6, 6.07) is 8.63. The van der Waals surface area contributed by atoms with E-state index < -0.39 is 23.2 Å². The van der Waals surface area contributed by atoms with Gasteiger partial charge in [0.05, 0.1) is 0 Å². The van der Waals surface area contributed by atoms with Crippen molar-refractivity contribution < 1.29 is 48.0 Å². The number of halogens is 2. The number of aromatic amines is 1. The number of fused-ring (bicyclic) bond motifs is 1. The minimum atomic E-state index is -0.784. The Hall–Kier alpha value is -0.557. The van der Waals surface area contributed by atoms with Crippen LogP contribution in [0.1, 0.15) is 11.1 Å². The molecule has 0 radical (unpaired) electrons. The van der Waals surface area contributed by atoms with Gasteiger partial charge in [0.15, 0.2) is 0 Å². The van der Waals surface area contributed by atoms with Gasteiger partial charge in [0.2, 0.25) is 0 Å². The predicted molar refractivity (Wildman–Crippen MR) is 72.6 cm³/mol. The van der Waals surface area contributed by atoms with Gasteiger partial charge in [-0.3, -0.25) is 0 Å². The largest absolute Gasteiger partial charge is 1.00 e. The first-order chi connectivity index (χ1) is 8.66. The number of nitrogens with one attached hydrogen (secondary N) is 1. The molecule has 0 unspecified atom stereocenters. The summed E-state index contributed by atoms with van der Waals surface area (Å²) < 4.78 is 2.98. The van der Waals surface area contributed by atoms with Crippen molar-refractivity contribution in [1.82, 2.24) is 4.98 Å². The van der Waals surface area contributed by atoms with Crippen LogP contribution in [0.15, 0.2) is 42.6 Å².